The second kappa shape index (κ2) is 3.88. The molecule has 1 rings (SSSR count). The fourth-order valence-corrected chi connectivity index (χ4v) is 0.584. The zero-order valence-corrected chi connectivity index (χ0v) is 6.27. The van der Waals surface area contributed by atoms with Gasteiger partial charge in [-0.25, -0.2) is 4.39 Å². The van der Waals surface area contributed by atoms with Gasteiger partial charge in [0.25, 0.3) is 0 Å². The minimum atomic E-state index is -0.685. The highest BCUT2D eigenvalue weighted by Crippen LogP contribution is 2.09. The molecule has 0 aliphatic heterocycles. The van der Waals surface area contributed by atoms with Crippen LogP contribution in [-0.4, -0.2) is 11.3 Å². The highest BCUT2D eigenvalue weighted by atomic mass is 35.5. The lowest BCUT2D eigenvalue weighted by molar-refractivity contribution is 0.112. The van der Waals surface area contributed by atoms with Crippen LogP contribution in [0.25, 0.3) is 0 Å². The number of anilines is 1. The molecule has 0 aliphatic carbocycles. The number of halogens is 2. The molecular formula is C6H6ClFN2O. The fraction of sp³-hybridized carbons (Fsp3) is 0. The first kappa shape index (κ1) is 9.84. The van der Waals surface area contributed by atoms with Crippen molar-refractivity contribution in [1.29, 1.82) is 0 Å². The Morgan fingerprint density at radius 3 is 2.55 bits per heavy atom. The van der Waals surface area contributed by atoms with Crippen molar-refractivity contribution in [1.82, 2.24) is 4.98 Å². The maximum Gasteiger partial charge on any atom is 0.155 e. The monoisotopic (exact) mass is 176 g/mol. The lowest BCUT2D eigenvalue weighted by Gasteiger charge is -1.95. The molecule has 2 N–H and O–H groups in total. The Morgan fingerprint density at radius 1 is 1.55 bits per heavy atom. The number of rotatable bonds is 1. The zero-order valence-electron chi connectivity index (χ0n) is 5.45. The minimum Gasteiger partial charge on any atom is -0.397 e. The van der Waals surface area contributed by atoms with E-state index in [0.717, 1.165) is 6.20 Å². The van der Waals surface area contributed by atoms with E-state index in [0.29, 0.717) is 6.29 Å². The SMILES string of the molecule is Cl.Nc1cncc(F)c1C=O. The van der Waals surface area contributed by atoms with Crippen LogP contribution in [0.1, 0.15) is 10.4 Å². The second-order valence-corrected chi connectivity index (χ2v) is 1.74. The van der Waals surface area contributed by atoms with E-state index in [-0.39, 0.29) is 23.7 Å². The largest absolute Gasteiger partial charge is 0.397 e. The van der Waals surface area contributed by atoms with E-state index < -0.39 is 5.82 Å². The van der Waals surface area contributed by atoms with E-state index in [2.05, 4.69) is 4.98 Å². The van der Waals surface area contributed by atoms with Crippen LogP contribution in [0.2, 0.25) is 0 Å². The number of aldehydes is 1. The van der Waals surface area contributed by atoms with Gasteiger partial charge in [0.15, 0.2) is 12.1 Å². The summed E-state index contributed by atoms with van der Waals surface area (Å²) >= 11 is 0. The third kappa shape index (κ3) is 1.88. The van der Waals surface area contributed by atoms with E-state index in [9.17, 15) is 9.18 Å². The van der Waals surface area contributed by atoms with E-state index in [1.165, 1.54) is 6.20 Å². The molecule has 1 aromatic heterocycles. The number of pyridine rings is 1. The van der Waals surface area contributed by atoms with Crippen molar-refractivity contribution < 1.29 is 9.18 Å². The van der Waals surface area contributed by atoms with E-state index in [1.54, 1.807) is 0 Å². The molecule has 0 saturated carbocycles. The molecule has 0 unspecified atom stereocenters. The van der Waals surface area contributed by atoms with E-state index in [1.807, 2.05) is 0 Å². The predicted molar refractivity (Wildman–Crippen MR) is 41.2 cm³/mol. The molecule has 0 fully saturated rings. The number of nitrogens with zero attached hydrogens (tertiary/aromatic N) is 1. The molecule has 5 heteroatoms. The summed E-state index contributed by atoms with van der Waals surface area (Å²) in [6.07, 6.45) is 2.54. The smallest absolute Gasteiger partial charge is 0.155 e. The number of nitrogen functional groups attached to an aromatic ring is 1. The van der Waals surface area contributed by atoms with Gasteiger partial charge in [0.05, 0.1) is 23.6 Å². The lowest BCUT2D eigenvalue weighted by atomic mass is 10.2. The molecule has 1 heterocycles. The molecule has 3 nitrogen and oxygen atoms in total. The van der Waals surface area contributed by atoms with Crippen LogP contribution in [0.15, 0.2) is 12.4 Å². The van der Waals surface area contributed by atoms with Gasteiger partial charge in [-0.1, -0.05) is 0 Å². The maximum absolute atomic E-state index is 12.5. The summed E-state index contributed by atoms with van der Waals surface area (Å²) in [5.41, 5.74) is 5.13. The van der Waals surface area contributed by atoms with Crippen molar-refractivity contribution in [3.63, 3.8) is 0 Å². The fourth-order valence-electron chi connectivity index (χ4n) is 0.584. The van der Waals surface area contributed by atoms with Crippen molar-refractivity contribution in [3.8, 4) is 0 Å². The first-order chi connectivity index (χ1) is 4.75. The van der Waals surface area contributed by atoms with Crippen LogP contribution in [0.3, 0.4) is 0 Å². The molecular weight excluding hydrogens is 171 g/mol. The van der Waals surface area contributed by atoms with Crippen LogP contribution >= 0.6 is 12.4 Å². The number of hydrogen-bond acceptors (Lipinski definition) is 3. The van der Waals surface area contributed by atoms with Crippen LogP contribution < -0.4 is 5.73 Å². The first-order valence-electron chi connectivity index (χ1n) is 2.60. The minimum absolute atomic E-state index is 0. The van der Waals surface area contributed by atoms with Crippen molar-refractivity contribution >= 4 is 24.4 Å². The molecule has 0 radical (unpaired) electrons. The van der Waals surface area contributed by atoms with Gasteiger partial charge in [-0.05, 0) is 0 Å². The normalized spacial score (nSPS) is 8.45. The number of aromatic nitrogens is 1. The zero-order chi connectivity index (χ0) is 7.56. The molecule has 0 aromatic carbocycles. The summed E-state index contributed by atoms with van der Waals surface area (Å²) in [7, 11) is 0. The molecule has 0 amide bonds. The highest BCUT2D eigenvalue weighted by Gasteiger charge is 2.03. The van der Waals surface area contributed by atoms with Crippen molar-refractivity contribution in [2.45, 2.75) is 0 Å². The van der Waals surface area contributed by atoms with E-state index >= 15 is 0 Å². The van der Waals surface area contributed by atoms with Crippen molar-refractivity contribution in [2.24, 2.45) is 0 Å². The summed E-state index contributed by atoms with van der Waals surface area (Å²) in [5.74, 6) is -0.685. The van der Waals surface area contributed by atoms with Gasteiger partial charge >= 0.3 is 0 Å². The second-order valence-electron chi connectivity index (χ2n) is 1.74. The van der Waals surface area contributed by atoms with Gasteiger partial charge < -0.3 is 5.73 Å². The van der Waals surface area contributed by atoms with Gasteiger partial charge in [-0.2, -0.15) is 0 Å². The van der Waals surface area contributed by atoms with E-state index in [4.69, 9.17) is 5.73 Å². The van der Waals surface area contributed by atoms with Gasteiger partial charge in [-0.15, -0.1) is 12.4 Å². The van der Waals surface area contributed by atoms with Crippen LogP contribution in [0, 0.1) is 5.82 Å². The molecule has 0 bridgehead atoms. The first-order valence-corrected chi connectivity index (χ1v) is 2.60. The Morgan fingerprint density at radius 2 is 2.18 bits per heavy atom. The summed E-state index contributed by atoms with van der Waals surface area (Å²) in [4.78, 5) is 13.5. The molecule has 0 aliphatic rings. The average molecular weight is 177 g/mol. The lowest BCUT2D eigenvalue weighted by Crippen LogP contribution is -1.97. The summed E-state index contributed by atoms with van der Waals surface area (Å²) in [5, 5.41) is 0. The molecule has 1 aromatic rings. The van der Waals surface area contributed by atoms with Crippen LogP contribution in [0.4, 0.5) is 10.1 Å². The van der Waals surface area contributed by atoms with Crippen LogP contribution in [-0.2, 0) is 0 Å². The summed E-state index contributed by atoms with van der Waals surface area (Å²) in [6.45, 7) is 0. The number of carbonyl (C=O) groups excluding carboxylic acids is 1. The molecule has 0 saturated heterocycles. The quantitative estimate of drug-likeness (QED) is 0.651. The number of carbonyl (C=O) groups is 1. The topological polar surface area (TPSA) is 56.0 Å². The Balaban J connectivity index is 0.000001000. The standard InChI is InChI=1S/C6H5FN2O.ClH/c7-5-1-9-2-6(8)4(5)3-10;/h1-3H,8H2;1H. The van der Waals surface area contributed by atoms with Crippen molar-refractivity contribution in [2.75, 3.05) is 5.73 Å². The highest BCUT2D eigenvalue weighted by molar-refractivity contribution is 5.85. The Bertz CT molecular complexity index is 247. The molecule has 60 valence electrons. The molecule has 0 atom stereocenters. The summed E-state index contributed by atoms with van der Waals surface area (Å²) < 4.78 is 12.5. The maximum atomic E-state index is 12.5. The van der Waals surface area contributed by atoms with Gasteiger partial charge in [0.1, 0.15) is 0 Å². The van der Waals surface area contributed by atoms with Crippen molar-refractivity contribution in [3.05, 3.63) is 23.8 Å². The average Bonchev–Trinajstić information content (AvgIpc) is 1.88. The van der Waals surface area contributed by atoms with Gasteiger partial charge in [-0.3, -0.25) is 9.78 Å². The third-order valence-corrected chi connectivity index (χ3v) is 1.09. The van der Waals surface area contributed by atoms with Gasteiger partial charge in [0, 0.05) is 0 Å². The number of hydrogen-bond donors (Lipinski definition) is 1. The molecule has 11 heavy (non-hydrogen) atoms. The number of nitrogens with two attached hydrogens (primary N) is 1. The molecule has 0 spiro atoms. The van der Waals surface area contributed by atoms with Crippen LogP contribution in [0.5, 0.6) is 0 Å². The Kier molecular flexibility index (Phi) is 3.47. The summed E-state index contributed by atoms with van der Waals surface area (Å²) in [6, 6.07) is 0. The van der Waals surface area contributed by atoms with Gasteiger partial charge in [0.2, 0.25) is 0 Å². The third-order valence-electron chi connectivity index (χ3n) is 1.09. The Labute approximate surface area is 68.8 Å². The predicted octanol–water partition coefficient (Wildman–Crippen LogP) is 1.04. The Hall–Kier alpha value is -1.16.